The lowest BCUT2D eigenvalue weighted by molar-refractivity contribution is -0.384. The number of alkyl halides is 1. The summed E-state index contributed by atoms with van der Waals surface area (Å²) in [5.74, 6) is 0. The molecule has 0 unspecified atom stereocenters. The SMILES string of the molecule is O=[N+]([O-])c1ccc(CF)cc1. The first-order valence-corrected chi connectivity index (χ1v) is 3.03. The molecule has 58 valence electrons. The van der Waals surface area contributed by atoms with E-state index in [1.165, 1.54) is 24.3 Å². The molecule has 0 N–H and O–H groups in total. The molecule has 0 saturated carbocycles. The Kier molecular flexibility index (Phi) is 2.15. The van der Waals surface area contributed by atoms with Crippen LogP contribution in [0.5, 0.6) is 0 Å². The first-order valence-electron chi connectivity index (χ1n) is 3.03. The fraction of sp³-hybridized carbons (Fsp3) is 0.143. The van der Waals surface area contributed by atoms with Crippen molar-refractivity contribution < 1.29 is 9.31 Å². The van der Waals surface area contributed by atoms with Crippen molar-refractivity contribution >= 4 is 5.69 Å². The summed E-state index contributed by atoms with van der Waals surface area (Å²) in [7, 11) is 0. The standard InChI is InChI=1S/C7H6FNO2/c8-5-6-1-3-7(4-2-6)9(10)11/h1-4H,5H2. The summed E-state index contributed by atoms with van der Waals surface area (Å²) in [5.41, 5.74) is 0.442. The minimum Gasteiger partial charge on any atom is -0.258 e. The summed E-state index contributed by atoms with van der Waals surface area (Å²) < 4.78 is 11.9. The number of hydrogen-bond donors (Lipinski definition) is 0. The monoisotopic (exact) mass is 155 g/mol. The number of nitro groups is 1. The van der Waals surface area contributed by atoms with Crippen molar-refractivity contribution in [3.63, 3.8) is 0 Å². The van der Waals surface area contributed by atoms with Crippen LogP contribution in [0.1, 0.15) is 5.56 Å². The van der Waals surface area contributed by atoms with E-state index in [-0.39, 0.29) is 5.69 Å². The molecule has 0 saturated heterocycles. The largest absolute Gasteiger partial charge is 0.269 e. The number of non-ortho nitro benzene ring substituents is 1. The highest BCUT2D eigenvalue weighted by Crippen LogP contribution is 2.11. The van der Waals surface area contributed by atoms with Crippen LogP contribution in [-0.4, -0.2) is 4.92 Å². The molecule has 3 nitrogen and oxygen atoms in total. The van der Waals surface area contributed by atoms with Crippen molar-refractivity contribution in [2.24, 2.45) is 0 Å². The number of hydrogen-bond acceptors (Lipinski definition) is 2. The Morgan fingerprint density at radius 1 is 1.36 bits per heavy atom. The lowest BCUT2D eigenvalue weighted by atomic mass is 10.2. The van der Waals surface area contributed by atoms with Gasteiger partial charge in [0, 0.05) is 12.1 Å². The molecule has 0 atom stereocenters. The van der Waals surface area contributed by atoms with Gasteiger partial charge in [-0.15, -0.1) is 0 Å². The van der Waals surface area contributed by atoms with Gasteiger partial charge in [0.25, 0.3) is 5.69 Å². The Bertz CT molecular complexity index is 258. The van der Waals surface area contributed by atoms with Crippen molar-refractivity contribution in [2.75, 3.05) is 0 Å². The zero-order valence-corrected chi connectivity index (χ0v) is 5.66. The normalized spacial score (nSPS) is 9.55. The van der Waals surface area contributed by atoms with E-state index in [1.54, 1.807) is 0 Å². The summed E-state index contributed by atoms with van der Waals surface area (Å²) in [6.45, 7) is -0.585. The number of nitro benzene ring substituents is 1. The second kappa shape index (κ2) is 3.09. The summed E-state index contributed by atoms with van der Waals surface area (Å²) in [6, 6.07) is 5.38. The molecule has 1 aromatic rings. The van der Waals surface area contributed by atoms with Gasteiger partial charge in [-0.25, -0.2) is 4.39 Å². The van der Waals surface area contributed by atoms with Crippen molar-refractivity contribution in [3.05, 3.63) is 39.9 Å². The van der Waals surface area contributed by atoms with Crippen molar-refractivity contribution in [1.82, 2.24) is 0 Å². The maximum Gasteiger partial charge on any atom is 0.269 e. The highest BCUT2D eigenvalue weighted by Gasteiger charge is 2.02. The molecule has 4 heteroatoms. The van der Waals surface area contributed by atoms with E-state index in [9.17, 15) is 14.5 Å². The number of nitrogens with zero attached hydrogens (tertiary/aromatic N) is 1. The van der Waals surface area contributed by atoms with Crippen LogP contribution in [0.15, 0.2) is 24.3 Å². The molecule has 0 radical (unpaired) electrons. The van der Waals surface area contributed by atoms with Gasteiger partial charge in [0.15, 0.2) is 0 Å². The Hall–Kier alpha value is -1.45. The van der Waals surface area contributed by atoms with Gasteiger partial charge in [-0.05, 0) is 17.7 Å². The molecule has 0 amide bonds. The fourth-order valence-corrected chi connectivity index (χ4v) is 0.707. The minimum atomic E-state index is -0.585. The number of benzene rings is 1. The Balaban J connectivity index is 2.91. The van der Waals surface area contributed by atoms with Gasteiger partial charge >= 0.3 is 0 Å². The highest BCUT2D eigenvalue weighted by atomic mass is 19.1. The lowest BCUT2D eigenvalue weighted by Gasteiger charge is -1.92. The van der Waals surface area contributed by atoms with E-state index in [2.05, 4.69) is 0 Å². The van der Waals surface area contributed by atoms with Gasteiger partial charge in [0.1, 0.15) is 6.67 Å². The van der Waals surface area contributed by atoms with E-state index in [0.717, 1.165) is 0 Å². The van der Waals surface area contributed by atoms with Gasteiger partial charge in [-0.3, -0.25) is 10.1 Å². The summed E-state index contributed by atoms with van der Waals surface area (Å²) in [4.78, 5) is 9.60. The first kappa shape index (κ1) is 7.65. The zero-order valence-electron chi connectivity index (χ0n) is 5.66. The Labute approximate surface area is 62.6 Å². The van der Waals surface area contributed by atoms with Crippen molar-refractivity contribution in [1.29, 1.82) is 0 Å². The van der Waals surface area contributed by atoms with Gasteiger partial charge in [0.05, 0.1) is 4.92 Å². The predicted octanol–water partition coefficient (Wildman–Crippen LogP) is 2.06. The van der Waals surface area contributed by atoms with Crippen LogP contribution in [0.4, 0.5) is 10.1 Å². The fourth-order valence-electron chi connectivity index (χ4n) is 0.707. The van der Waals surface area contributed by atoms with Crippen LogP contribution in [0.25, 0.3) is 0 Å². The lowest BCUT2D eigenvalue weighted by Crippen LogP contribution is -1.87. The van der Waals surface area contributed by atoms with Crippen LogP contribution in [-0.2, 0) is 6.67 Å². The van der Waals surface area contributed by atoms with Gasteiger partial charge in [-0.1, -0.05) is 0 Å². The third-order valence-corrected chi connectivity index (χ3v) is 1.30. The molecular formula is C7H6FNO2. The summed E-state index contributed by atoms with van der Waals surface area (Å²) in [6.07, 6.45) is 0. The number of halogens is 1. The Morgan fingerprint density at radius 3 is 2.27 bits per heavy atom. The van der Waals surface area contributed by atoms with Gasteiger partial charge < -0.3 is 0 Å². The van der Waals surface area contributed by atoms with Crippen LogP contribution < -0.4 is 0 Å². The predicted molar refractivity (Wildman–Crippen MR) is 37.9 cm³/mol. The van der Waals surface area contributed by atoms with Crippen LogP contribution in [0.2, 0.25) is 0 Å². The molecule has 1 aromatic carbocycles. The molecule has 1 rings (SSSR count). The zero-order chi connectivity index (χ0) is 8.27. The van der Waals surface area contributed by atoms with Crippen LogP contribution >= 0.6 is 0 Å². The smallest absolute Gasteiger partial charge is 0.258 e. The van der Waals surface area contributed by atoms with E-state index in [4.69, 9.17) is 0 Å². The second-order valence-corrected chi connectivity index (χ2v) is 2.06. The summed E-state index contributed by atoms with van der Waals surface area (Å²) >= 11 is 0. The van der Waals surface area contributed by atoms with Crippen LogP contribution in [0, 0.1) is 10.1 Å². The average molecular weight is 155 g/mol. The minimum absolute atomic E-state index is 0.0119. The van der Waals surface area contributed by atoms with E-state index < -0.39 is 11.6 Å². The maximum atomic E-state index is 11.9. The van der Waals surface area contributed by atoms with Crippen LogP contribution in [0.3, 0.4) is 0 Å². The van der Waals surface area contributed by atoms with Gasteiger partial charge in [0.2, 0.25) is 0 Å². The van der Waals surface area contributed by atoms with E-state index in [1.807, 2.05) is 0 Å². The molecule has 0 aromatic heterocycles. The maximum absolute atomic E-state index is 11.9. The first-order chi connectivity index (χ1) is 5.24. The second-order valence-electron chi connectivity index (χ2n) is 2.06. The topological polar surface area (TPSA) is 43.1 Å². The van der Waals surface area contributed by atoms with Gasteiger partial charge in [-0.2, -0.15) is 0 Å². The number of rotatable bonds is 2. The third-order valence-electron chi connectivity index (χ3n) is 1.30. The summed E-state index contributed by atoms with van der Waals surface area (Å²) in [5, 5.41) is 10.1. The highest BCUT2D eigenvalue weighted by molar-refractivity contribution is 5.32. The molecule has 0 fully saturated rings. The molecule has 0 heterocycles. The molecule has 0 aliphatic carbocycles. The van der Waals surface area contributed by atoms with E-state index >= 15 is 0 Å². The van der Waals surface area contributed by atoms with Crippen molar-refractivity contribution in [3.8, 4) is 0 Å². The molecule has 11 heavy (non-hydrogen) atoms. The molecule has 0 bridgehead atoms. The van der Waals surface area contributed by atoms with E-state index in [0.29, 0.717) is 5.56 Å². The molecule has 0 spiro atoms. The quantitative estimate of drug-likeness (QED) is 0.484. The molecular weight excluding hydrogens is 149 g/mol. The molecule has 0 aliphatic heterocycles. The Morgan fingerprint density at radius 2 is 1.91 bits per heavy atom. The third kappa shape index (κ3) is 1.73. The average Bonchev–Trinajstić information content (AvgIpc) is 2.05. The molecule has 0 aliphatic rings. The van der Waals surface area contributed by atoms with Crippen molar-refractivity contribution in [2.45, 2.75) is 6.67 Å².